The van der Waals surface area contributed by atoms with Crippen LogP contribution in [0.1, 0.15) is 36.1 Å². The summed E-state index contributed by atoms with van der Waals surface area (Å²) in [5.41, 5.74) is 7.04. The molecule has 0 unspecified atom stereocenters. The van der Waals surface area contributed by atoms with E-state index in [2.05, 4.69) is 79.7 Å². The van der Waals surface area contributed by atoms with E-state index in [0.29, 0.717) is 6.04 Å². The van der Waals surface area contributed by atoms with E-state index < -0.39 is 0 Å². The summed E-state index contributed by atoms with van der Waals surface area (Å²) < 4.78 is 2.35. The van der Waals surface area contributed by atoms with Crippen LogP contribution in [-0.4, -0.2) is 29.2 Å². The highest BCUT2D eigenvalue weighted by Gasteiger charge is 2.23. The van der Waals surface area contributed by atoms with E-state index in [9.17, 15) is 0 Å². The van der Waals surface area contributed by atoms with Crippen LogP contribution in [0.15, 0.2) is 30.6 Å². The van der Waals surface area contributed by atoms with Crippen molar-refractivity contribution in [3.63, 3.8) is 0 Å². The lowest BCUT2D eigenvalue weighted by Crippen LogP contribution is -2.43. The largest absolute Gasteiger partial charge is 0.355 e. The van der Waals surface area contributed by atoms with E-state index in [0.717, 1.165) is 19.8 Å². The zero-order valence-corrected chi connectivity index (χ0v) is 14.4. The van der Waals surface area contributed by atoms with Gasteiger partial charge in [-0.25, -0.2) is 0 Å². The molecule has 3 heteroatoms. The maximum atomic E-state index is 2.48. The molecular weight excluding hydrogens is 270 g/mol. The molecule has 0 fully saturated rings. The Kier molecular flexibility index (Phi) is 4.00. The van der Waals surface area contributed by atoms with Gasteiger partial charge in [-0.05, 0) is 51.4 Å². The monoisotopic (exact) mass is 297 g/mol. The highest BCUT2D eigenvalue weighted by Crippen LogP contribution is 2.30. The Hall–Kier alpha value is -1.74. The number of aromatic nitrogens is 1. The zero-order chi connectivity index (χ0) is 15.9. The normalized spacial score (nSPS) is 15.5. The van der Waals surface area contributed by atoms with Gasteiger partial charge in [-0.3, -0.25) is 4.90 Å². The average Bonchev–Trinajstić information content (AvgIpc) is 2.85. The number of anilines is 1. The van der Waals surface area contributed by atoms with Gasteiger partial charge in [-0.15, -0.1) is 0 Å². The number of nitrogens with zero attached hydrogens (tertiary/aromatic N) is 3. The van der Waals surface area contributed by atoms with Gasteiger partial charge in [0, 0.05) is 37.1 Å². The number of hydrogen-bond acceptors (Lipinski definition) is 2. The number of aryl methyl sites for hydroxylation is 1. The van der Waals surface area contributed by atoms with Gasteiger partial charge in [0.05, 0.1) is 12.4 Å². The third kappa shape index (κ3) is 2.78. The first-order chi connectivity index (χ1) is 10.5. The standard InChI is InChI=1S/C19H27N3/c1-14(2)22-13-20(5)9-18-11-21(12-19(18)22)10-17-8-6-7-15(3)16(17)4/h6-8,11-12,14H,9-10,13H2,1-5H3. The van der Waals surface area contributed by atoms with Crippen LogP contribution in [0.3, 0.4) is 0 Å². The van der Waals surface area contributed by atoms with E-state index in [-0.39, 0.29) is 0 Å². The molecule has 22 heavy (non-hydrogen) atoms. The third-order valence-corrected chi connectivity index (χ3v) is 4.78. The summed E-state index contributed by atoms with van der Waals surface area (Å²) in [5.74, 6) is 0. The van der Waals surface area contributed by atoms with E-state index in [4.69, 9.17) is 0 Å². The van der Waals surface area contributed by atoms with Crippen LogP contribution in [-0.2, 0) is 13.1 Å². The second-order valence-electron chi connectivity index (χ2n) is 6.92. The molecule has 2 aromatic rings. The highest BCUT2D eigenvalue weighted by atomic mass is 15.3. The van der Waals surface area contributed by atoms with Crippen LogP contribution in [0.2, 0.25) is 0 Å². The fourth-order valence-corrected chi connectivity index (χ4v) is 3.31. The summed E-state index contributed by atoms with van der Waals surface area (Å²) in [6.45, 7) is 12.0. The minimum Gasteiger partial charge on any atom is -0.355 e. The van der Waals surface area contributed by atoms with Gasteiger partial charge < -0.3 is 9.47 Å². The lowest BCUT2D eigenvalue weighted by atomic mass is 10.0. The van der Waals surface area contributed by atoms with Crippen molar-refractivity contribution in [2.45, 2.75) is 46.8 Å². The molecule has 1 aliphatic rings. The summed E-state index contributed by atoms with van der Waals surface area (Å²) in [6.07, 6.45) is 4.65. The van der Waals surface area contributed by atoms with E-state index in [1.165, 1.54) is 27.9 Å². The first-order valence-electron chi connectivity index (χ1n) is 8.14. The SMILES string of the molecule is Cc1cccc(Cn2cc3c(c2)N(C(C)C)CN(C)C3)c1C. The molecule has 0 bridgehead atoms. The van der Waals surface area contributed by atoms with Crippen molar-refractivity contribution in [3.8, 4) is 0 Å². The molecule has 3 nitrogen and oxygen atoms in total. The first kappa shape index (κ1) is 15.2. The van der Waals surface area contributed by atoms with Crippen molar-refractivity contribution in [1.29, 1.82) is 0 Å². The second-order valence-corrected chi connectivity index (χ2v) is 6.92. The molecule has 0 aliphatic carbocycles. The van der Waals surface area contributed by atoms with Crippen molar-refractivity contribution >= 4 is 5.69 Å². The Morgan fingerprint density at radius 2 is 1.91 bits per heavy atom. The van der Waals surface area contributed by atoms with Crippen LogP contribution in [0, 0.1) is 13.8 Å². The van der Waals surface area contributed by atoms with E-state index in [1.807, 2.05) is 0 Å². The highest BCUT2D eigenvalue weighted by molar-refractivity contribution is 5.55. The van der Waals surface area contributed by atoms with Crippen LogP contribution in [0.25, 0.3) is 0 Å². The van der Waals surface area contributed by atoms with Gasteiger partial charge in [-0.1, -0.05) is 18.2 Å². The Balaban J connectivity index is 1.91. The molecule has 1 aromatic carbocycles. The Bertz CT molecular complexity index is 669. The molecule has 1 aromatic heterocycles. The van der Waals surface area contributed by atoms with Crippen LogP contribution >= 0.6 is 0 Å². The van der Waals surface area contributed by atoms with Crippen molar-refractivity contribution < 1.29 is 0 Å². The predicted octanol–water partition coefficient (Wildman–Crippen LogP) is 3.77. The minimum atomic E-state index is 0.526. The maximum absolute atomic E-state index is 2.48. The minimum absolute atomic E-state index is 0.526. The number of benzene rings is 1. The summed E-state index contributed by atoms with van der Waals surface area (Å²) in [7, 11) is 2.19. The van der Waals surface area contributed by atoms with Crippen LogP contribution in [0.4, 0.5) is 5.69 Å². The van der Waals surface area contributed by atoms with E-state index in [1.54, 1.807) is 0 Å². The average molecular weight is 297 g/mol. The molecule has 0 atom stereocenters. The molecule has 0 N–H and O–H groups in total. The van der Waals surface area contributed by atoms with E-state index >= 15 is 0 Å². The first-order valence-corrected chi connectivity index (χ1v) is 8.14. The quantitative estimate of drug-likeness (QED) is 0.854. The Morgan fingerprint density at radius 3 is 2.64 bits per heavy atom. The van der Waals surface area contributed by atoms with Gasteiger partial charge in [0.15, 0.2) is 0 Å². The maximum Gasteiger partial charge on any atom is 0.0711 e. The fourth-order valence-electron chi connectivity index (χ4n) is 3.31. The lowest BCUT2D eigenvalue weighted by Gasteiger charge is -2.37. The molecule has 0 radical (unpaired) electrons. The molecule has 0 saturated carbocycles. The van der Waals surface area contributed by atoms with Crippen LogP contribution < -0.4 is 4.90 Å². The Labute approximate surface area is 134 Å². The summed E-state index contributed by atoms with van der Waals surface area (Å²) in [5, 5.41) is 0. The molecule has 118 valence electrons. The van der Waals surface area contributed by atoms with Crippen LogP contribution in [0.5, 0.6) is 0 Å². The molecular formula is C19H27N3. The smallest absolute Gasteiger partial charge is 0.0711 e. The summed E-state index contributed by atoms with van der Waals surface area (Å²) in [4.78, 5) is 4.86. The zero-order valence-electron chi connectivity index (χ0n) is 14.4. The summed E-state index contributed by atoms with van der Waals surface area (Å²) >= 11 is 0. The molecule has 0 amide bonds. The van der Waals surface area contributed by atoms with Gasteiger partial charge in [-0.2, -0.15) is 0 Å². The van der Waals surface area contributed by atoms with Crippen molar-refractivity contribution in [2.24, 2.45) is 0 Å². The lowest BCUT2D eigenvalue weighted by molar-refractivity contribution is 0.301. The van der Waals surface area contributed by atoms with Gasteiger partial charge in [0.25, 0.3) is 0 Å². The van der Waals surface area contributed by atoms with Gasteiger partial charge in [0.2, 0.25) is 0 Å². The molecule has 1 aliphatic heterocycles. The second kappa shape index (κ2) is 5.81. The topological polar surface area (TPSA) is 11.4 Å². The summed E-state index contributed by atoms with van der Waals surface area (Å²) in [6, 6.07) is 7.12. The molecule has 3 rings (SSSR count). The molecule has 2 heterocycles. The van der Waals surface area contributed by atoms with Crippen molar-refractivity contribution in [3.05, 3.63) is 52.8 Å². The third-order valence-electron chi connectivity index (χ3n) is 4.78. The number of hydrogen-bond donors (Lipinski definition) is 0. The van der Waals surface area contributed by atoms with Crippen molar-refractivity contribution in [2.75, 3.05) is 18.6 Å². The number of rotatable bonds is 3. The molecule has 0 saturated heterocycles. The fraction of sp³-hybridized carbons (Fsp3) is 0.474. The number of fused-ring (bicyclic) bond motifs is 1. The van der Waals surface area contributed by atoms with Crippen molar-refractivity contribution in [1.82, 2.24) is 9.47 Å². The van der Waals surface area contributed by atoms with Gasteiger partial charge in [0.1, 0.15) is 0 Å². The Morgan fingerprint density at radius 1 is 1.14 bits per heavy atom. The predicted molar refractivity (Wildman–Crippen MR) is 93.4 cm³/mol. The van der Waals surface area contributed by atoms with Gasteiger partial charge >= 0.3 is 0 Å². The molecule has 0 spiro atoms.